The second-order valence-electron chi connectivity index (χ2n) is 6.76. The predicted octanol–water partition coefficient (Wildman–Crippen LogP) is 4.55. The molecule has 1 saturated heterocycles. The minimum absolute atomic E-state index is 0.196. The van der Waals surface area contributed by atoms with Crippen LogP contribution >= 0.6 is 23.1 Å². The monoisotopic (exact) mass is 391 g/mol. The van der Waals surface area contributed by atoms with E-state index in [2.05, 4.69) is 19.7 Å². The van der Waals surface area contributed by atoms with E-state index in [4.69, 9.17) is 11.6 Å². The molecule has 2 atom stereocenters. The number of hydrogen-bond acceptors (Lipinski definition) is 6. The summed E-state index contributed by atoms with van der Waals surface area (Å²) in [6.07, 6.45) is 1.55. The first-order valence-electron chi connectivity index (χ1n) is 8.49. The lowest BCUT2D eigenvalue weighted by atomic mass is 9.87. The van der Waals surface area contributed by atoms with Gasteiger partial charge in [0.05, 0.1) is 11.2 Å². The number of rotatable bonds is 3. The second-order valence-corrected chi connectivity index (χ2v) is 7.97. The van der Waals surface area contributed by atoms with Gasteiger partial charge in [0.15, 0.2) is 0 Å². The molecule has 1 aliphatic rings. The minimum Gasteiger partial charge on any atom is -0.314 e. The number of aryl methyl sites for hydroxylation is 1. The number of aromatic nitrogens is 3. The van der Waals surface area contributed by atoms with Crippen LogP contribution in [0.15, 0.2) is 24.4 Å². The van der Waals surface area contributed by atoms with Gasteiger partial charge in [0.2, 0.25) is 5.95 Å². The Balaban J connectivity index is 1.67. The summed E-state index contributed by atoms with van der Waals surface area (Å²) in [4.78, 5) is 10.9. The quantitative estimate of drug-likeness (QED) is 0.709. The summed E-state index contributed by atoms with van der Waals surface area (Å²) in [7, 11) is 1.94. The van der Waals surface area contributed by atoms with Crippen molar-refractivity contribution >= 4 is 45.0 Å². The normalized spacial score (nSPS) is 21.2. The van der Waals surface area contributed by atoms with Gasteiger partial charge in [-0.3, -0.25) is 0 Å². The number of benzene rings is 1. The third-order valence-electron chi connectivity index (χ3n) is 4.71. The molecule has 1 fully saturated rings. The highest BCUT2D eigenvalue weighted by molar-refractivity contribution is 7.10. The van der Waals surface area contributed by atoms with Gasteiger partial charge in [-0.2, -0.15) is 4.37 Å². The molecule has 0 unspecified atom stereocenters. The summed E-state index contributed by atoms with van der Waals surface area (Å²) in [6.45, 7) is 3.23. The number of hydrogen-bond donors (Lipinski definition) is 1. The number of anilines is 2. The highest BCUT2D eigenvalue weighted by Gasteiger charge is 2.30. The number of likely N-dealkylation sites (tertiary alicyclic amines) is 1. The molecule has 0 aliphatic carbocycles. The van der Waals surface area contributed by atoms with Crippen molar-refractivity contribution in [2.24, 2.45) is 0 Å². The van der Waals surface area contributed by atoms with Crippen molar-refractivity contribution < 1.29 is 4.39 Å². The molecule has 136 valence electrons. The van der Waals surface area contributed by atoms with E-state index in [1.165, 1.54) is 11.5 Å². The Morgan fingerprint density at radius 3 is 2.92 bits per heavy atom. The standard InChI is InChI=1S/C18H19ClFN5S/c1-10-5-17(26-24-10)23-18-21-8-11-6-14(19)13(7-16(11)22-18)12-3-4-25(2)9-15(12)20/h5-8,12,15H,3-4,9H2,1-2H3,(H,21,22,23)/t12-,15+/m0/s1. The van der Waals surface area contributed by atoms with E-state index in [0.29, 0.717) is 17.5 Å². The molecule has 26 heavy (non-hydrogen) atoms. The largest absolute Gasteiger partial charge is 0.314 e. The molecule has 4 rings (SSSR count). The van der Waals surface area contributed by atoms with Crippen LogP contribution in [-0.4, -0.2) is 45.6 Å². The van der Waals surface area contributed by atoms with Crippen LogP contribution in [0.2, 0.25) is 5.02 Å². The van der Waals surface area contributed by atoms with E-state index >= 15 is 0 Å². The maximum absolute atomic E-state index is 14.6. The number of piperidine rings is 1. The molecule has 0 spiro atoms. The Morgan fingerprint density at radius 2 is 2.19 bits per heavy atom. The van der Waals surface area contributed by atoms with Gasteiger partial charge >= 0.3 is 0 Å². The maximum atomic E-state index is 14.6. The van der Waals surface area contributed by atoms with Crippen LogP contribution in [0.3, 0.4) is 0 Å². The van der Waals surface area contributed by atoms with Crippen molar-refractivity contribution in [3.8, 4) is 0 Å². The lowest BCUT2D eigenvalue weighted by molar-refractivity contribution is 0.139. The summed E-state index contributed by atoms with van der Waals surface area (Å²) >= 11 is 7.81. The SMILES string of the molecule is Cc1cc(Nc2ncc3cc(Cl)c([C@@H]4CCN(C)C[C@H]4F)cc3n2)sn1. The van der Waals surface area contributed by atoms with Gasteiger partial charge in [0, 0.05) is 29.1 Å². The first-order chi connectivity index (χ1) is 12.5. The lowest BCUT2D eigenvalue weighted by Gasteiger charge is -2.33. The molecule has 3 aromatic rings. The fraction of sp³-hybridized carbons (Fsp3) is 0.389. The Hall–Kier alpha value is -1.83. The average molecular weight is 392 g/mol. The molecule has 0 bridgehead atoms. The number of nitrogens with one attached hydrogen (secondary N) is 1. The van der Waals surface area contributed by atoms with Crippen molar-refractivity contribution in [2.45, 2.75) is 25.4 Å². The summed E-state index contributed by atoms with van der Waals surface area (Å²) in [6, 6.07) is 5.68. The van der Waals surface area contributed by atoms with E-state index in [9.17, 15) is 4.39 Å². The molecule has 0 amide bonds. The first-order valence-corrected chi connectivity index (χ1v) is 9.64. The molecular formula is C18H19ClFN5S. The van der Waals surface area contributed by atoms with Crippen LogP contribution < -0.4 is 5.32 Å². The topological polar surface area (TPSA) is 53.9 Å². The van der Waals surface area contributed by atoms with Crippen molar-refractivity contribution in [3.63, 3.8) is 0 Å². The molecule has 8 heteroatoms. The smallest absolute Gasteiger partial charge is 0.228 e. The van der Waals surface area contributed by atoms with Gasteiger partial charge in [-0.25, -0.2) is 14.4 Å². The predicted molar refractivity (Wildman–Crippen MR) is 104 cm³/mol. The van der Waals surface area contributed by atoms with E-state index in [0.717, 1.165) is 40.1 Å². The molecule has 2 aromatic heterocycles. The van der Waals surface area contributed by atoms with E-state index in [-0.39, 0.29) is 5.92 Å². The fourth-order valence-corrected chi connectivity index (χ4v) is 4.32. The Kier molecular flexibility index (Phi) is 4.77. The van der Waals surface area contributed by atoms with Crippen LogP contribution in [0.4, 0.5) is 15.3 Å². The lowest BCUT2D eigenvalue weighted by Crippen LogP contribution is -2.38. The highest BCUT2D eigenvalue weighted by Crippen LogP contribution is 2.36. The summed E-state index contributed by atoms with van der Waals surface area (Å²) in [5.74, 6) is 0.299. The molecule has 1 N–H and O–H groups in total. The molecule has 5 nitrogen and oxygen atoms in total. The molecule has 0 saturated carbocycles. The van der Waals surface area contributed by atoms with Crippen LogP contribution in [-0.2, 0) is 0 Å². The number of fused-ring (bicyclic) bond motifs is 1. The van der Waals surface area contributed by atoms with Gasteiger partial charge in [0.25, 0.3) is 0 Å². The zero-order chi connectivity index (χ0) is 18.3. The molecular weight excluding hydrogens is 373 g/mol. The van der Waals surface area contributed by atoms with Crippen molar-refractivity contribution in [3.05, 3.63) is 40.7 Å². The van der Waals surface area contributed by atoms with Gasteiger partial charge in [-0.1, -0.05) is 11.6 Å². The van der Waals surface area contributed by atoms with Gasteiger partial charge in [-0.15, -0.1) is 0 Å². The minimum atomic E-state index is -0.927. The molecule has 3 heterocycles. The van der Waals surface area contributed by atoms with Crippen molar-refractivity contribution in [1.29, 1.82) is 0 Å². The van der Waals surface area contributed by atoms with E-state index in [1.54, 1.807) is 6.20 Å². The molecule has 1 aliphatic heterocycles. The third kappa shape index (κ3) is 3.51. The Morgan fingerprint density at radius 1 is 1.35 bits per heavy atom. The van der Waals surface area contributed by atoms with Gasteiger partial charge < -0.3 is 10.2 Å². The number of halogens is 2. The Bertz CT molecular complexity index is 946. The van der Waals surface area contributed by atoms with Crippen LogP contribution in [0, 0.1) is 6.92 Å². The first kappa shape index (κ1) is 17.6. The van der Waals surface area contributed by atoms with E-state index < -0.39 is 6.17 Å². The average Bonchev–Trinajstić information content (AvgIpc) is 3.00. The second kappa shape index (κ2) is 7.06. The summed E-state index contributed by atoms with van der Waals surface area (Å²) in [5.41, 5.74) is 2.54. The summed E-state index contributed by atoms with van der Waals surface area (Å²) in [5, 5.41) is 5.47. The van der Waals surface area contributed by atoms with Crippen LogP contribution in [0.5, 0.6) is 0 Å². The van der Waals surface area contributed by atoms with Gasteiger partial charge in [0.1, 0.15) is 11.2 Å². The maximum Gasteiger partial charge on any atom is 0.228 e. The van der Waals surface area contributed by atoms with E-state index in [1.807, 2.05) is 37.1 Å². The fourth-order valence-electron chi connectivity index (χ4n) is 3.35. The Labute approximate surface area is 160 Å². The van der Waals surface area contributed by atoms with Crippen LogP contribution in [0.25, 0.3) is 10.9 Å². The van der Waals surface area contributed by atoms with Gasteiger partial charge in [-0.05, 0) is 62.2 Å². The van der Waals surface area contributed by atoms with Crippen molar-refractivity contribution in [2.75, 3.05) is 25.5 Å². The zero-order valence-corrected chi connectivity index (χ0v) is 16.1. The summed E-state index contributed by atoms with van der Waals surface area (Å²) < 4.78 is 18.8. The van der Waals surface area contributed by atoms with Crippen molar-refractivity contribution in [1.82, 2.24) is 19.2 Å². The third-order valence-corrected chi connectivity index (χ3v) is 5.83. The van der Waals surface area contributed by atoms with Crippen LogP contribution in [0.1, 0.15) is 23.6 Å². The number of alkyl halides is 1. The molecule has 0 radical (unpaired) electrons. The number of nitrogens with zero attached hydrogens (tertiary/aromatic N) is 4. The zero-order valence-electron chi connectivity index (χ0n) is 14.5. The highest BCUT2D eigenvalue weighted by atomic mass is 35.5. The molecule has 1 aromatic carbocycles.